The summed E-state index contributed by atoms with van der Waals surface area (Å²) in [5, 5.41) is 10.5. The quantitative estimate of drug-likeness (QED) is 0.728. The molecule has 0 radical (unpaired) electrons. The van der Waals surface area contributed by atoms with E-state index >= 15 is 0 Å². The fourth-order valence-corrected chi connectivity index (χ4v) is 4.46. The smallest absolute Gasteiger partial charge is 0.135 e. The van der Waals surface area contributed by atoms with Gasteiger partial charge < -0.3 is 9.84 Å². The second-order valence-corrected chi connectivity index (χ2v) is 6.12. The molecule has 0 amide bonds. The Hall–Kier alpha value is -0.500. The van der Waals surface area contributed by atoms with Gasteiger partial charge in [-0.3, -0.25) is 0 Å². The zero-order valence-electron chi connectivity index (χ0n) is 10.3. The zero-order chi connectivity index (χ0) is 11.3. The highest BCUT2D eigenvalue weighted by atomic mass is 16.5. The highest BCUT2D eigenvalue weighted by molar-refractivity contribution is 5.10. The van der Waals surface area contributed by atoms with E-state index in [0.29, 0.717) is 5.92 Å². The van der Waals surface area contributed by atoms with E-state index in [1.165, 1.54) is 19.3 Å². The number of ether oxygens (including phenoxy) is 1. The molecule has 1 N–H and O–H groups in total. The van der Waals surface area contributed by atoms with Crippen LogP contribution in [0.1, 0.15) is 46.0 Å². The third-order valence-electron chi connectivity index (χ3n) is 4.96. The monoisotopic (exact) mass is 222 g/mol. The summed E-state index contributed by atoms with van der Waals surface area (Å²) in [4.78, 5) is 0. The van der Waals surface area contributed by atoms with E-state index < -0.39 is 0 Å². The van der Waals surface area contributed by atoms with Crippen molar-refractivity contribution in [3.8, 4) is 0 Å². The molecule has 4 saturated carbocycles. The minimum Gasteiger partial charge on any atom is -0.490 e. The predicted molar refractivity (Wildman–Crippen MR) is 62.8 cm³/mol. The molecule has 3 unspecified atom stereocenters. The van der Waals surface area contributed by atoms with Gasteiger partial charge in [-0.15, -0.1) is 0 Å². The number of hydrogen-bond donors (Lipinski definition) is 1. The Balaban J connectivity index is 1.88. The van der Waals surface area contributed by atoms with Crippen molar-refractivity contribution in [1.29, 1.82) is 0 Å². The summed E-state index contributed by atoms with van der Waals surface area (Å²) in [6, 6.07) is 0. The molecule has 90 valence electrons. The molecule has 0 spiro atoms. The Bertz CT molecular complexity index is 307. The van der Waals surface area contributed by atoms with Crippen LogP contribution in [-0.2, 0) is 4.74 Å². The summed E-state index contributed by atoms with van der Waals surface area (Å²) in [6.45, 7) is 4.01. The number of aliphatic hydroxyl groups excluding tert-OH is 1. The van der Waals surface area contributed by atoms with Crippen LogP contribution in [-0.4, -0.2) is 16.8 Å². The van der Waals surface area contributed by atoms with E-state index in [4.69, 9.17) is 4.74 Å². The maximum absolute atomic E-state index is 10.5. The molecule has 2 nitrogen and oxygen atoms in total. The minimum absolute atomic E-state index is 0.227. The Morgan fingerprint density at radius 2 is 1.88 bits per heavy atom. The largest absolute Gasteiger partial charge is 0.490 e. The standard InChI is InChI=1S/C14H22O2/c1-3-9(2)16-14-7-10-4-11(8-14)6-12(5-10)13(14)15/h3,10-13,15H,4-8H2,1-2H3. The van der Waals surface area contributed by atoms with Crippen molar-refractivity contribution in [2.75, 3.05) is 0 Å². The average Bonchev–Trinajstić information content (AvgIpc) is 2.24. The third-order valence-corrected chi connectivity index (χ3v) is 4.96. The van der Waals surface area contributed by atoms with E-state index in [2.05, 4.69) is 0 Å². The molecule has 4 aliphatic carbocycles. The van der Waals surface area contributed by atoms with Crippen molar-refractivity contribution in [2.45, 2.75) is 57.7 Å². The van der Waals surface area contributed by atoms with Crippen LogP contribution in [0.15, 0.2) is 11.8 Å². The molecular formula is C14H22O2. The molecule has 0 aromatic rings. The Morgan fingerprint density at radius 1 is 1.25 bits per heavy atom. The lowest BCUT2D eigenvalue weighted by atomic mass is 9.53. The normalized spacial score (nSPS) is 50.8. The van der Waals surface area contributed by atoms with Gasteiger partial charge >= 0.3 is 0 Å². The molecule has 0 aliphatic heterocycles. The van der Waals surface area contributed by atoms with Gasteiger partial charge in [-0.05, 0) is 69.8 Å². The molecule has 4 bridgehead atoms. The summed E-state index contributed by atoms with van der Waals surface area (Å²) in [5.41, 5.74) is -0.231. The van der Waals surface area contributed by atoms with Gasteiger partial charge in [0.05, 0.1) is 11.9 Å². The molecule has 0 heterocycles. The molecule has 3 atom stereocenters. The van der Waals surface area contributed by atoms with E-state index in [-0.39, 0.29) is 11.7 Å². The van der Waals surface area contributed by atoms with E-state index in [9.17, 15) is 5.11 Å². The van der Waals surface area contributed by atoms with Crippen molar-refractivity contribution < 1.29 is 9.84 Å². The molecule has 0 aromatic carbocycles. The van der Waals surface area contributed by atoms with Crippen LogP contribution in [0.4, 0.5) is 0 Å². The van der Waals surface area contributed by atoms with Gasteiger partial charge in [0.15, 0.2) is 0 Å². The lowest BCUT2D eigenvalue weighted by Gasteiger charge is -2.58. The first-order valence-electron chi connectivity index (χ1n) is 6.63. The Kier molecular flexibility index (Phi) is 2.32. The average molecular weight is 222 g/mol. The molecule has 4 fully saturated rings. The van der Waals surface area contributed by atoms with Crippen molar-refractivity contribution in [3.05, 3.63) is 11.8 Å². The van der Waals surface area contributed by atoms with Crippen LogP contribution in [0, 0.1) is 17.8 Å². The number of rotatable bonds is 2. The molecular weight excluding hydrogens is 200 g/mol. The van der Waals surface area contributed by atoms with Crippen molar-refractivity contribution in [2.24, 2.45) is 17.8 Å². The lowest BCUT2D eigenvalue weighted by Crippen LogP contribution is -2.61. The summed E-state index contributed by atoms with van der Waals surface area (Å²) in [5.74, 6) is 3.10. The first kappa shape index (κ1) is 10.6. The molecule has 0 saturated heterocycles. The molecule has 4 rings (SSSR count). The van der Waals surface area contributed by atoms with Crippen molar-refractivity contribution in [3.63, 3.8) is 0 Å². The molecule has 2 heteroatoms. The second kappa shape index (κ2) is 3.49. The first-order chi connectivity index (χ1) is 7.63. The number of allylic oxidation sites excluding steroid dienone is 2. The third kappa shape index (κ3) is 1.42. The van der Waals surface area contributed by atoms with Gasteiger partial charge in [0.1, 0.15) is 5.60 Å². The van der Waals surface area contributed by atoms with Crippen LogP contribution in [0.2, 0.25) is 0 Å². The van der Waals surface area contributed by atoms with E-state index in [0.717, 1.165) is 30.4 Å². The molecule has 16 heavy (non-hydrogen) atoms. The summed E-state index contributed by atoms with van der Waals surface area (Å²) in [6.07, 6.45) is 7.78. The Labute approximate surface area is 97.7 Å². The second-order valence-electron chi connectivity index (χ2n) is 6.12. The van der Waals surface area contributed by atoms with Crippen LogP contribution in [0.3, 0.4) is 0 Å². The maximum Gasteiger partial charge on any atom is 0.135 e. The highest BCUT2D eigenvalue weighted by Gasteiger charge is 2.58. The van der Waals surface area contributed by atoms with E-state index in [1.54, 1.807) is 0 Å². The minimum atomic E-state index is -0.231. The summed E-state index contributed by atoms with van der Waals surface area (Å²) in [7, 11) is 0. The van der Waals surface area contributed by atoms with Gasteiger partial charge in [-0.2, -0.15) is 0 Å². The topological polar surface area (TPSA) is 29.5 Å². The van der Waals surface area contributed by atoms with Gasteiger partial charge in [-0.1, -0.05) is 0 Å². The first-order valence-corrected chi connectivity index (χ1v) is 6.63. The van der Waals surface area contributed by atoms with E-state index in [1.807, 2.05) is 19.9 Å². The van der Waals surface area contributed by atoms with Crippen LogP contribution >= 0.6 is 0 Å². The van der Waals surface area contributed by atoms with Crippen LogP contribution in [0.25, 0.3) is 0 Å². The summed E-state index contributed by atoms with van der Waals surface area (Å²) >= 11 is 0. The van der Waals surface area contributed by atoms with Crippen LogP contribution < -0.4 is 0 Å². The van der Waals surface area contributed by atoms with Crippen molar-refractivity contribution in [1.82, 2.24) is 0 Å². The molecule has 4 aliphatic rings. The number of aliphatic hydroxyl groups is 1. The predicted octanol–water partition coefficient (Wildman–Crippen LogP) is 2.87. The van der Waals surface area contributed by atoms with Crippen LogP contribution in [0.5, 0.6) is 0 Å². The zero-order valence-corrected chi connectivity index (χ0v) is 10.3. The van der Waals surface area contributed by atoms with Gasteiger partial charge in [-0.25, -0.2) is 0 Å². The SMILES string of the molecule is CC=C(C)OC12CC3CC(CC(C3)C1O)C2. The van der Waals surface area contributed by atoms with Gasteiger partial charge in [0, 0.05) is 0 Å². The fourth-order valence-electron chi connectivity index (χ4n) is 4.46. The number of hydrogen-bond acceptors (Lipinski definition) is 2. The molecule has 0 aromatic heterocycles. The lowest BCUT2D eigenvalue weighted by molar-refractivity contribution is -0.212. The van der Waals surface area contributed by atoms with Gasteiger partial charge in [0.2, 0.25) is 0 Å². The highest BCUT2D eigenvalue weighted by Crippen LogP contribution is 2.57. The van der Waals surface area contributed by atoms with Gasteiger partial charge in [0.25, 0.3) is 0 Å². The fraction of sp³-hybridized carbons (Fsp3) is 0.857. The van der Waals surface area contributed by atoms with Crippen molar-refractivity contribution >= 4 is 0 Å². The maximum atomic E-state index is 10.5. The Morgan fingerprint density at radius 3 is 2.44 bits per heavy atom. The summed E-state index contributed by atoms with van der Waals surface area (Å²) < 4.78 is 6.12.